The number of hydrogen-bond donors (Lipinski definition) is 1. The quantitative estimate of drug-likeness (QED) is 0.289. The van der Waals surface area contributed by atoms with Gasteiger partial charge in [0.2, 0.25) is 0 Å². The number of aryl methyl sites for hydroxylation is 1. The smallest absolute Gasteiger partial charge is 0.272 e. The molecule has 1 saturated heterocycles. The van der Waals surface area contributed by atoms with Crippen molar-refractivity contribution in [3.63, 3.8) is 0 Å². The standard InChI is InChI=1S/C27H26ClFN8O2/c1-17-13-19(4-5-22(17)39-20-7-11-36-23(14-20)30-15-32-36)34-26-24-21(8-12-37(24)33-16-31-26)18-3-2-9-35(10-6-18)27(38)25(28)29/h4-5,7-8,11-16,18,25H,2-3,6,9-10H2,1H3,(H,31,33,34)/t18-,25-/m1/s1. The van der Waals surface area contributed by atoms with E-state index in [1.54, 1.807) is 15.2 Å². The molecule has 1 amide bonds. The Morgan fingerprint density at radius 3 is 2.74 bits per heavy atom. The van der Waals surface area contributed by atoms with Gasteiger partial charge in [0.15, 0.2) is 11.5 Å². The molecule has 200 valence electrons. The first kappa shape index (κ1) is 25.1. The lowest BCUT2D eigenvalue weighted by Crippen LogP contribution is -2.36. The van der Waals surface area contributed by atoms with Gasteiger partial charge in [-0.05, 0) is 73.6 Å². The number of nitrogens with zero attached hydrogens (tertiary/aromatic N) is 7. The van der Waals surface area contributed by atoms with Crippen LogP contribution in [0, 0.1) is 6.92 Å². The van der Waals surface area contributed by atoms with Crippen molar-refractivity contribution in [1.82, 2.24) is 34.1 Å². The van der Waals surface area contributed by atoms with Crippen LogP contribution in [0.5, 0.6) is 11.5 Å². The molecule has 0 saturated carbocycles. The Balaban J connectivity index is 1.22. The van der Waals surface area contributed by atoms with Crippen LogP contribution in [-0.4, -0.2) is 58.7 Å². The third kappa shape index (κ3) is 5.09. The van der Waals surface area contributed by atoms with Crippen LogP contribution >= 0.6 is 11.6 Å². The predicted molar refractivity (Wildman–Crippen MR) is 144 cm³/mol. The molecule has 6 rings (SSSR count). The van der Waals surface area contributed by atoms with Crippen molar-refractivity contribution in [2.24, 2.45) is 0 Å². The molecule has 10 nitrogen and oxygen atoms in total. The van der Waals surface area contributed by atoms with E-state index in [0.29, 0.717) is 36.7 Å². The monoisotopic (exact) mass is 548 g/mol. The average Bonchev–Trinajstić information content (AvgIpc) is 3.51. The summed E-state index contributed by atoms with van der Waals surface area (Å²) < 4.78 is 23.0. The van der Waals surface area contributed by atoms with E-state index in [2.05, 4.69) is 25.5 Å². The van der Waals surface area contributed by atoms with E-state index >= 15 is 0 Å². The molecule has 5 aromatic rings. The molecule has 0 spiro atoms. The van der Waals surface area contributed by atoms with Crippen LogP contribution in [0.2, 0.25) is 0 Å². The van der Waals surface area contributed by atoms with Crippen LogP contribution in [-0.2, 0) is 4.79 Å². The Labute approximate surface area is 228 Å². The molecule has 1 aliphatic heterocycles. The first-order valence-electron chi connectivity index (χ1n) is 12.7. The van der Waals surface area contributed by atoms with Crippen molar-refractivity contribution < 1.29 is 13.9 Å². The lowest BCUT2D eigenvalue weighted by atomic mass is 9.93. The predicted octanol–water partition coefficient (Wildman–Crippen LogP) is 5.25. The summed E-state index contributed by atoms with van der Waals surface area (Å²) in [5, 5.41) is 11.9. The molecule has 0 radical (unpaired) electrons. The highest BCUT2D eigenvalue weighted by Gasteiger charge is 2.27. The van der Waals surface area contributed by atoms with Gasteiger partial charge >= 0.3 is 0 Å². The minimum Gasteiger partial charge on any atom is -0.457 e. The fraction of sp³-hybridized carbons (Fsp3) is 0.296. The zero-order chi connectivity index (χ0) is 26.9. The van der Waals surface area contributed by atoms with Gasteiger partial charge in [-0.1, -0.05) is 11.6 Å². The highest BCUT2D eigenvalue weighted by molar-refractivity contribution is 6.29. The summed E-state index contributed by atoms with van der Waals surface area (Å²) in [6.07, 6.45) is 9.06. The number of pyridine rings is 1. The molecule has 2 atom stereocenters. The highest BCUT2D eigenvalue weighted by Crippen LogP contribution is 2.35. The normalized spacial score (nSPS) is 16.8. The molecule has 12 heteroatoms. The molecule has 5 heterocycles. The number of carbonyl (C=O) groups is 1. The third-order valence-corrected chi connectivity index (χ3v) is 7.26. The molecule has 1 aliphatic rings. The maximum absolute atomic E-state index is 13.4. The van der Waals surface area contributed by atoms with Crippen molar-refractivity contribution in [3.8, 4) is 11.5 Å². The molecular weight excluding hydrogens is 523 g/mol. The lowest BCUT2D eigenvalue weighted by molar-refractivity contribution is -0.133. The van der Waals surface area contributed by atoms with Gasteiger partial charge in [0.1, 0.15) is 29.7 Å². The summed E-state index contributed by atoms with van der Waals surface area (Å²) in [4.78, 5) is 22.3. The second-order valence-electron chi connectivity index (χ2n) is 9.56. The molecule has 1 aromatic carbocycles. The number of likely N-dealkylation sites (tertiary alicyclic amines) is 1. The number of benzene rings is 1. The Morgan fingerprint density at radius 2 is 1.90 bits per heavy atom. The molecule has 39 heavy (non-hydrogen) atoms. The number of halogens is 2. The van der Waals surface area contributed by atoms with Gasteiger partial charge in [-0.2, -0.15) is 10.2 Å². The number of rotatable bonds is 6. The van der Waals surface area contributed by atoms with Crippen molar-refractivity contribution in [2.45, 2.75) is 37.7 Å². The van der Waals surface area contributed by atoms with Crippen molar-refractivity contribution in [1.29, 1.82) is 0 Å². The Bertz CT molecular complexity index is 1650. The summed E-state index contributed by atoms with van der Waals surface area (Å²) >= 11 is 5.41. The van der Waals surface area contributed by atoms with E-state index in [9.17, 15) is 9.18 Å². The summed E-state index contributed by atoms with van der Waals surface area (Å²) in [6.45, 7) is 2.93. The minimum atomic E-state index is -2.00. The number of aromatic nitrogens is 6. The van der Waals surface area contributed by atoms with Crippen LogP contribution in [0.15, 0.2) is 61.4 Å². The molecular formula is C27H26ClFN8O2. The minimum absolute atomic E-state index is 0.174. The van der Waals surface area contributed by atoms with E-state index in [1.165, 1.54) is 17.6 Å². The van der Waals surface area contributed by atoms with E-state index < -0.39 is 11.5 Å². The number of carbonyl (C=O) groups excluding carboxylic acids is 1. The van der Waals surface area contributed by atoms with Crippen molar-refractivity contribution in [3.05, 3.63) is 72.6 Å². The fourth-order valence-electron chi connectivity index (χ4n) is 5.13. The summed E-state index contributed by atoms with van der Waals surface area (Å²) in [5.74, 6) is 1.59. The third-order valence-electron chi connectivity index (χ3n) is 7.07. The van der Waals surface area contributed by atoms with Crippen LogP contribution in [0.4, 0.5) is 15.9 Å². The largest absolute Gasteiger partial charge is 0.457 e. The molecule has 1 N–H and O–H groups in total. The number of anilines is 2. The zero-order valence-corrected chi connectivity index (χ0v) is 21.9. The van der Waals surface area contributed by atoms with Crippen LogP contribution in [0.25, 0.3) is 11.2 Å². The zero-order valence-electron chi connectivity index (χ0n) is 21.2. The molecule has 4 aromatic heterocycles. The van der Waals surface area contributed by atoms with E-state index in [4.69, 9.17) is 16.3 Å². The van der Waals surface area contributed by atoms with E-state index in [-0.39, 0.29) is 5.92 Å². The molecule has 0 unspecified atom stereocenters. The molecule has 1 fully saturated rings. The maximum atomic E-state index is 13.4. The van der Waals surface area contributed by atoms with Crippen LogP contribution in [0.1, 0.15) is 36.3 Å². The number of fused-ring (bicyclic) bond motifs is 2. The van der Waals surface area contributed by atoms with Crippen LogP contribution < -0.4 is 10.1 Å². The first-order chi connectivity index (χ1) is 19.0. The Morgan fingerprint density at radius 1 is 1.08 bits per heavy atom. The first-order valence-corrected chi connectivity index (χ1v) is 13.1. The Hall–Kier alpha value is -4.25. The van der Waals surface area contributed by atoms with Crippen molar-refractivity contribution in [2.75, 3.05) is 18.4 Å². The highest BCUT2D eigenvalue weighted by atomic mass is 35.5. The lowest BCUT2D eigenvalue weighted by Gasteiger charge is -2.20. The Kier molecular flexibility index (Phi) is 6.74. The van der Waals surface area contributed by atoms with Crippen molar-refractivity contribution >= 4 is 40.2 Å². The van der Waals surface area contributed by atoms with E-state index in [1.807, 2.05) is 49.5 Å². The number of amides is 1. The summed E-state index contributed by atoms with van der Waals surface area (Å²) in [7, 11) is 0. The number of alkyl halides is 2. The number of hydrogen-bond acceptors (Lipinski definition) is 7. The molecule has 0 aliphatic carbocycles. The van der Waals surface area contributed by atoms with Gasteiger partial charge in [-0.3, -0.25) is 4.79 Å². The van der Waals surface area contributed by atoms with Gasteiger partial charge in [0.05, 0.1) is 0 Å². The topological polar surface area (TPSA) is 102 Å². The molecule has 0 bridgehead atoms. The number of nitrogens with one attached hydrogen (secondary N) is 1. The fourth-order valence-corrected chi connectivity index (χ4v) is 5.27. The van der Waals surface area contributed by atoms with Gasteiger partial charge in [0.25, 0.3) is 11.5 Å². The summed E-state index contributed by atoms with van der Waals surface area (Å²) in [6, 6.07) is 11.6. The van der Waals surface area contributed by atoms with Gasteiger partial charge < -0.3 is 15.0 Å². The second-order valence-corrected chi connectivity index (χ2v) is 9.94. The summed E-state index contributed by atoms with van der Waals surface area (Å²) in [5.41, 5.74) is 2.48. The van der Waals surface area contributed by atoms with Gasteiger partial charge in [-0.15, -0.1) is 0 Å². The van der Waals surface area contributed by atoms with E-state index in [0.717, 1.165) is 40.9 Å². The second kappa shape index (κ2) is 10.5. The van der Waals surface area contributed by atoms with Gasteiger partial charge in [-0.25, -0.2) is 23.4 Å². The average molecular weight is 549 g/mol. The van der Waals surface area contributed by atoms with Gasteiger partial charge in [0, 0.05) is 37.2 Å². The maximum Gasteiger partial charge on any atom is 0.272 e. The number of ether oxygens (including phenoxy) is 1. The SMILES string of the molecule is Cc1cc(Nc2ncnn3ccc([C@@H]4CCCN(C(=O)[C@@H](F)Cl)CC4)c23)ccc1Oc1ccn2ncnc2c1. The van der Waals surface area contributed by atoms with Crippen LogP contribution in [0.3, 0.4) is 0 Å².